The topological polar surface area (TPSA) is 50.8 Å². The lowest BCUT2D eigenvalue weighted by molar-refractivity contribution is -0.122. The van der Waals surface area contributed by atoms with Crippen LogP contribution in [-0.4, -0.2) is 35.7 Å². The van der Waals surface area contributed by atoms with Gasteiger partial charge in [-0.05, 0) is 56.3 Å². The zero-order chi connectivity index (χ0) is 16.8. The summed E-state index contributed by atoms with van der Waals surface area (Å²) in [5.41, 5.74) is 1.34. The molecule has 1 aliphatic rings. The summed E-state index contributed by atoms with van der Waals surface area (Å²) < 4.78 is 11.2. The van der Waals surface area contributed by atoms with Gasteiger partial charge >= 0.3 is 0 Å². The first-order valence-corrected chi connectivity index (χ1v) is 8.25. The molecule has 2 rings (SSSR count). The molecule has 0 aromatic heterocycles. The molecule has 124 valence electrons. The van der Waals surface area contributed by atoms with Crippen LogP contribution in [0.15, 0.2) is 23.9 Å². The molecule has 1 aliphatic heterocycles. The Balaban J connectivity index is 2.27. The fraction of sp³-hybridized carbons (Fsp3) is 0.412. The van der Waals surface area contributed by atoms with E-state index >= 15 is 0 Å². The van der Waals surface area contributed by atoms with Crippen molar-refractivity contribution in [2.24, 2.45) is 0 Å². The van der Waals surface area contributed by atoms with Crippen LogP contribution in [-0.2, 0) is 4.79 Å². The average molecular weight is 334 g/mol. The van der Waals surface area contributed by atoms with Gasteiger partial charge in [0.2, 0.25) is 0 Å². The third kappa shape index (κ3) is 4.01. The molecule has 1 N–H and O–H groups in total. The van der Waals surface area contributed by atoms with Gasteiger partial charge < -0.3 is 14.8 Å². The standard InChI is InChI=1S/C17H22N2O3S/c1-4-9-19-16(20)13(18-17(19)23)10-12-7-8-14(21-5-2)15(11-12)22-6-3/h7-8,10-11H,4-6,9H2,1-3H3,(H,18,23). The predicted octanol–water partition coefficient (Wildman–Crippen LogP) is 2.95. The highest BCUT2D eigenvalue weighted by Crippen LogP contribution is 2.29. The molecule has 0 aliphatic carbocycles. The Morgan fingerprint density at radius 2 is 1.87 bits per heavy atom. The maximum Gasteiger partial charge on any atom is 0.276 e. The Morgan fingerprint density at radius 3 is 2.52 bits per heavy atom. The molecule has 0 bridgehead atoms. The summed E-state index contributed by atoms with van der Waals surface area (Å²) in [7, 11) is 0. The van der Waals surface area contributed by atoms with Gasteiger partial charge in [0, 0.05) is 6.54 Å². The predicted molar refractivity (Wildman–Crippen MR) is 94.5 cm³/mol. The first kappa shape index (κ1) is 17.3. The van der Waals surface area contributed by atoms with Gasteiger partial charge in [0.25, 0.3) is 5.91 Å². The largest absolute Gasteiger partial charge is 0.490 e. The van der Waals surface area contributed by atoms with Crippen LogP contribution in [0.4, 0.5) is 0 Å². The van der Waals surface area contributed by atoms with E-state index in [2.05, 4.69) is 5.32 Å². The number of amides is 1. The van der Waals surface area contributed by atoms with Gasteiger partial charge in [-0.25, -0.2) is 0 Å². The van der Waals surface area contributed by atoms with E-state index in [1.807, 2.05) is 39.0 Å². The van der Waals surface area contributed by atoms with Crippen molar-refractivity contribution in [3.05, 3.63) is 29.5 Å². The summed E-state index contributed by atoms with van der Waals surface area (Å²) in [6.45, 7) is 7.60. The van der Waals surface area contributed by atoms with E-state index in [0.29, 0.717) is 42.1 Å². The van der Waals surface area contributed by atoms with Gasteiger partial charge in [0.05, 0.1) is 13.2 Å². The third-order valence-electron chi connectivity index (χ3n) is 3.29. The van der Waals surface area contributed by atoms with Gasteiger partial charge in [-0.15, -0.1) is 0 Å². The van der Waals surface area contributed by atoms with Gasteiger partial charge in [0.15, 0.2) is 16.6 Å². The van der Waals surface area contributed by atoms with Crippen LogP contribution in [0.5, 0.6) is 11.5 Å². The number of nitrogens with zero attached hydrogens (tertiary/aromatic N) is 1. The second-order valence-electron chi connectivity index (χ2n) is 5.02. The first-order valence-electron chi connectivity index (χ1n) is 7.84. The van der Waals surface area contributed by atoms with Gasteiger partial charge in [0.1, 0.15) is 5.70 Å². The highest BCUT2D eigenvalue weighted by Gasteiger charge is 2.29. The SMILES string of the molecule is CCCN1C(=O)C(=Cc2ccc(OCC)c(OCC)c2)NC1=S. The Kier molecular flexibility index (Phi) is 5.98. The quantitative estimate of drug-likeness (QED) is 0.614. The van der Waals surface area contributed by atoms with Crippen LogP contribution >= 0.6 is 12.2 Å². The lowest BCUT2D eigenvalue weighted by atomic mass is 10.1. The van der Waals surface area contributed by atoms with Crippen molar-refractivity contribution in [3.63, 3.8) is 0 Å². The summed E-state index contributed by atoms with van der Waals surface area (Å²) >= 11 is 5.21. The summed E-state index contributed by atoms with van der Waals surface area (Å²) in [4.78, 5) is 13.9. The smallest absolute Gasteiger partial charge is 0.276 e. The Morgan fingerprint density at radius 1 is 1.17 bits per heavy atom. The minimum atomic E-state index is -0.0938. The fourth-order valence-electron chi connectivity index (χ4n) is 2.32. The van der Waals surface area contributed by atoms with Crippen molar-refractivity contribution in [3.8, 4) is 11.5 Å². The van der Waals surface area contributed by atoms with Gasteiger partial charge in [-0.2, -0.15) is 0 Å². The molecule has 5 nitrogen and oxygen atoms in total. The van der Waals surface area contributed by atoms with E-state index in [1.165, 1.54) is 0 Å². The van der Waals surface area contributed by atoms with E-state index in [4.69, 9.17) is 21.7 Å². The Labute approximate surface area is 142 Å². The number of carbonyl (C=O) groups excluding carboxylic acids is 1. The molecule has 23 heavy (non-hydrogen) atoms. The third-order valence-corrected chi connectivity index (χ3v) is 3.61. The lowest BCUT2D eigenvalue weighted by Crippen LogP contribution is -2.31. The van der Waals surface area contributed by atoms with E-state index in [1.54, 1.807) is 11.0 Å². The molecule has 6 heteroatoms. The van der Waals surface area contributed by atoms with Crippen LogP contribution in [0, 0.1) is 0 Å². The van der Waals surface area contributed by atoms with E-state index in [9.17, 15) is 4.79 Å². The molecule has 0 spiro atoms. The molecule has 1 amide bonds. The molecule has 0 atom stereocenters. The van der Waals surface area contributed by atoms with Crippen molar-refractivity contribution >= 4 is 29.3 Å². The molecule has 1 heterocycles. The lowest BCUT2D eigenvalue weighted by Gasteiger charge is -2.12. The van der Waals surface area contributed by atoms with E-state index in [0.717, 1.165) is 12.0 Å². The number of thiocarbonyl (C=S) groups is 1. The molecule has 1 saturated heterocycles. The Hall–Kier alpha value is -2.08. The summed E-state index contributed by atoms with van der Waals surface area (Å²) in [6, 6.07) is 5.60. The van der Waals surface area contributed by atoms with Crippen molar-refractivity contribution in [2.75, 3.05) is 19.8 Å². The number of hydrogen-bond donors (Lipinski definition) is 1. The summed E-state index contributed by atoms with van der Waals surface area (Å²) in [5, 5.41) is 3.43. The van der Waals surface area contributed by atoms with Gasteiger partial charge in [-0.3, -0.25) is 9.69 Å². The number of hydrogen-bond acceptors (Lipinski definition) is 4. The molecular weight excluding hydrogens is 312 g/mol. The van der Waals surface area contributed by atoms with Crippen LogP contribution < -0.4 is 14.8 Å². The molecule has 1 fully saturated rings. The maximum atomic E-state index is 12.3. The molecule has 0 saturated carbocycles. The second-order valence-corrected chi connectivity index (χ2v) is 5.40. The van der Waals surface area contributed by atoms with E-state index in [-0.39, 0.29) is 5.91 Å². The number of rotatable bonds is 7. The highest BCUT2D eigenvalue weighted by molar-refractivity contribution is 7.80. The van der Waals surface area contributed by atoms with Crippen LogP contribution in [0.25, 0.3) is 6.08 Å². The highest BCUT2D eigenvalue weighted by atomic mass is 32.1. The Bertz CT molecular complexity index is 628. The number of carbonyl (C=O) groups is 1. The van der Waals surface area contributed by atoms with Crippen LogP contribution in [0.1, 0.15) is 32.8 Å². The van der Waals surface area contributed by atoms with Crippen LogP contribution in [0.3, 0.4) is 0 Å². The maximum absolute atomic E-state index is 12.3. The van der Waals surface area contributed by atoms with Crippen molar-refractivity contribution in [2.45, 2.75) is 27.2 Å². The molecule has 1 aromatic carbocycles. The number of ether oxygens (including phenoxy) is 2. The normalized spacial score (nSPS) is 16.0. The summed E-state index contributed by atoms with van der Waals surface area (Å²) in [5.74, 6) is 1.27. The molecule has 1 aromatic rings. The zero-order valence-electron chi connectivity index (χ0n) is 13.7. The molecule has 0 unspecified atom stereocenters. The average Bonchev–Trinajstić information content (AvgIpc) is 2.78. The monoisotopic (exact) mass is 334 g/mol. The number of benzene rings is 1. The van der Waals surface area contributed by atoms with Gasteiger partial charge in [-0.1, -0.05) is 13.0 Å². The molecular formula is C17H22N2O3S. The van der Waals surface area contributed by atoms with Crippen molar-refractivity contribution in [1.29, 1.82) is 0 Å². The minimum absolute atomic E-state index is 0.0938. The van der Waals surface area contributed by atoms with Crippen LogP contribution in [0.2, 0.25) is 0 Å². The zero-order valence-corrected chi connectivity index (χ0v) is 14.5. The van der Waals surface area contributed by atoms with Crippen molar-refractivity contribution in [1.82, 2.24) is 10.2 Å². The van der Waals surface area contributed by atoms with Crippen molar-refractivity contribution < 1.29 is 14.3 Å². The second kappa shape index (κ2) is 7.97. The first-order chi connectivity index (χ1) is 11.1. The van der Waals surface area contributed by atoms with E-state index < -0.39 is 0 Å². The number of nitrogens with one attached hydrogen (secondary N) is 1. The fourth-order valence-corrected chi connectivity index (χ4v) is 2.61. The summed E-state index contributed by atoms with van der Waals surface area (Å²) in [6.07, 6.45) is 2.64. The minimum Gasteiger partial charge on any atom is -0.490 e. The molecule has 0 radical (unpaired) electrons.